The molecule has 0 N–H and O–H groups in total. The van der Waals surface area contributed by atoms with E-state index in [0.29, 0.717) is 13.0 Å². The third-order valence-electron chi connectivity index (χ3n) is 2.13. The van der Waals surface area contributed by atoms with Crippen molar-refractivity contribution < 1.29 is 9.53 Å². The highest BCUT2D eigenvalue weighted by Crippen LogP contribution is 2.36. The average Bonchev–Trinajstić information content (AvgIpc) is 2.20. The number of halogens is 3. The Kier molecular flexibility index (Phi) is 6.74. The summed E-state index contributed by atoms with van der Waals surface area (Å²) in [5.74, 6) is 1.03. The van der Waals surface area contributed by atoms with Crippen LogP contribution < -0.4 is 4.74 Å². The van der Waals surface area contributed by atoms with E-state index in [9.17, 15) is 4.79 Å². The van der Waals surface area contributed by atoms with E-state index in [4.69, 9.17) is 4.74 Å². The van der Waals surface area contributed by atoms with Crippen LogP contribution in [0.3, 0.4) is 0 Å². The van der Waals surface area contributed by atoms with Gasteiger partial charge in [0.15, 0.2) is 0 Å². The Morgan fingerprint density at radius 1 is 1.18 bits per heavy atom. The van der Waals surface area contributed by atoms with Gasteiger partial charge >= 0.3 is 0 Å². The average molecular weight is 429 g/mol. The lowest BCUT2D eigenvalue weighted by molar-refractivity contribution is -0.117. The summed E-state index contributed by atoms with van der Waals surface area (Å²) >= 11 is 10.3. The maximum Gasteiger partial charge on any atom is 0.147 e. The molecular formula is C12H13Br3O2. The Hall–Kier alpha value is 0.130. The quantitative estimate of drug-likeness (QED) is 0.588. The highest BCUT2D eigenvalue weighted by Gasteiger charge is 2.07. The first-order chi connectivity index (χ1) is 8.00. The predicted octanol–water partition coefficient (Wildman–Crippen LogP) is 5.11. The Balaban J connectivity index is 2.44. The minimum atomic E-state index is 0.232. The molecule has 5 heteroatoms. The lowest BCUT2D eigenvalue weighted by atomic mass is 10.2. The van der Waals surface area contributed by atoms with E-state index in [-0.39, 0.29) is 5.78 Å². The molecule has 0 amide bonds. The third-order valence-corrected chi connectivity index (χ3v) is 3.77. The molecule has 0 aliphatic rings. The fraction of sp³-hybridized carbons (Fsp3) is 0.417. The summed E-state index contributed by atoms with van der Waals surface area (Å²) in [4.78, 5) is 10.8. The van der Waals surface area contributed by atoms with Crippen molar-refractivity contribution >= 4 is 53.6 Å². The lowest BCUT2D eigenvalue weighted by Crippen LogP contribution is -2.00. The molecular weight excluding hydrogens is 416 g/mol. The van der Waals surface area contributed by atoms with Gasteiger partial charge in [-0.3, -0.25) is 0 Å². The first-order valence-electron chi connectivity index (χ1n) is 5.27. The normalized spacial score (nSPS) is 10.4. The van der Waals surface area contributed by atoms with E-state index >= 15 is 0 Å². The molecule has 0 saturated carbocycles. The van der Waals surface area contributed by atoms with Gasteiger partial charge in [-0.15, -0.1) is 0 Å². The summed E-state index contributed by atoms with van der Waals surface area (Å²) in [6, 6.07) is 3.88. The number of benzene rings is 1. The first kappa shape index (κ1) is 15.2. The van der Waals surface area contributed by atoms with Gasteiger partial charge in [-0.05, 0) is 63.8 Å². The van der Waals surface area contributed by atoms with Crippen LogP contribution in [0.4, 0.5) is 0 Å². The summed E-state index contributed by atoms with van der Waals surface area (Å²) in [5.41, 5.74) is 0. The van der Waals surface area contributed by atoms with Crippen molar-refractivity contribution in [2.45, 2.75) is 26.2 Å². The van der Waals surface area contributed by atoms with Crippen LogP contribution in [0.15, 0.2) is 25.6 Å². The van der Waals surface area contributed by atoms with Gasteiger partial charge in [0.05, 0.1) is 15.6 Å². The van der Waals surface area contributed by atoms with E-state index in [0.717, 1.165) is 32.0 Å². The number of carbonyl (C=O) groups excluding carboxylic acids is 1. The fourth-order valence-corrected chi connectivity index (χ4v) is 3.80. The maximum atomic E-state index is 10.8. The molecule has 17 heavy (non-hydrogen) atoms. The second kappa shape index (κ2) is 7.54. The Bertz CT molecular complexity index is 382. The summed E-state index contributed by atoms with van der Waals surface area (Å²) in [6.07, 6.45) is 2.39. The minimum absolute atomic E-state index is 0.232. The molecule has 2 nitrogen and oxygen atoms in total. The van der Waals surface area contributed by atoms with Gasteiger partial charge < -0.3 is 9.53 Å². The van der Waals surface area contributed by atoms with E-state index in [1.165, 1.54) is 0 Å². The zero-order chi connectivity index (χ0) is 12.8. The molecule has 0 aliphatic heterocycles. The zero-order valence-electron chi connectivity index (χ0n) is 9.43. The number of hydrogen-bond donors (Lipinski definition) is 0. The molecule has 0 radical (unpaired) electrons. The van der Waals surface area contributed by atoms with Crippen LogP contribution >= 0.6 is 47.8 Å². The smallest absolute Gasteiger partial charge is 0.147 e. The molecule has 0 spiro atoms. The van der Waals surface area contributed by atoms with Gasteiger partial charge in [-0.1, -0.05) is 15.9 Å². The number of ketones is 1. The van der Waals surface area contributed by atoms with Gasteiger partial charge in [0, 0.05) is 10.9 Å². The maximum absolute atomic E-state index is 10.8. The second-order valence-electron chi connectivity index (χ2n) is 3.71. The molecule has 1 rings (SSSR count). The number of hydrogen-bond acceptors (Lipinski definition) is 2. The fourth-order valence-electron chi connectivity index (χ4n) is 1.32. The topological polar surface area (TPSA) is 26.3 Å². The minimum Gasteiger partial charge on any atom is -0.491 e. The molecule has 0 atom stereocenters. The van der Waals surface area contributed by atoms with Crippen LogP contribution in [0.1, 0.15) is 26.2 Å². The zero-order valence-corrected chi connectivity index (χ0v) is 14.2. The second-order valence-corrected chi connectivity index (χ2v) is 6.33. The number of Topliss-reactive ketones (excluding diaryl/α,β-unsaturated/α-hetero) is 1. The van der Waals surface area contributed by atoms with Gasteiger partial charge in [0.25, 0.3) is 0 Å². The molecule has 0 saturated heterocycles. The molecule has 0 aromatic heterocycles. The van der Waals surface area contributed by atoms with Gasteiger partial charge in [0.1, 0.15) is 11.5 Å². The standard InChI is InChI=1S/C12H13Br3O2/c1-8(16)4-2-3-5-17-12-10(14)6-9(13)7-11(12)15/h6-7H,2-5H2,1H3. The van der Waals surface area contributed by atoms with Crippen molar-refractivity contribution in [3.8, 4) is 5.75 Å². The van der Waals surface area contributed by atoms with Gasteiger partial charge in [-0.2, -0.15) is 0 Å². The van der Waals surface area contributed by atoms with E-state index in [2.05, 4.69) is 47.8 Å². The lowest BCUT2D eigenvalue weighted by Gasteiger charge is -2.10. The summed E-state index contributed by atoms with van der Waals surface area (Å²) < 4.78 is 8.48. The Morgan fingerprint density at radius 3 is 2.29 bits per heavy atom. The molecule has 1 aromatic carbocycles. The van der Waals surface area contributed by atoms with Crippen molar-refractivity contribution in [1.29, 1.82) is 0 Å². The predicted molar refractivity (Wildman–Crippen MR) is 79.6 cm³/mol. The van der Waals surface area contributed by atoms with Crippen molar-refractivity contribution in [2.75, 3.05) is 6.61 Å². The number of carbonyl (C=O) groups is 1. The Morgan fingerprint density at radius 2 is 1.76 bits per heavy atom. The van der Waals surface area contributed by atoms with Gasteiger partial charge in [0.2, 0.25) is 0 Å². The summed E-state index contributed by atoms with van der Waals surface area (Å²) in [5, 5.41) is 0. The van der Waals surface area contributed by atoms with E-state index in [1.807, 2.05) is 12.1 Å². The van der Waals surface area contributed by atoms with Crippen LogP contribution in [0.25, 0.3) is 0 Å². The SMILES string of the molecule is CC(=O)CCCCOc1c(Br)cc(Br)cc1Br. The monoisotopic (exact) mass is 426 g/mol. The van der Waals surface area contributed by atoms with E-state index < -0.39 is 0 Å². The van der Waals surface area contributed by atoms with Crippen LogP contribution in [-0.2, 0) is 4.79 Å². The molecule has 0 bridgehead atoms. The largest absolute Gasteiger partial charge is 0.491 e. The highest BCUT2D eigenvalue weighted by molar-refractivity contribution is 9.11. The molecule has 0 fully saturated rings. The number of rotatable bonds is 6. The third kappa shape index (κ3) is 5.53. The summed E-state index contributed by atoms with van der Waals surface area (Å²) in [6.45, 7) is 2.23. The van der Waals surface area contributed by atoms with Crippen LogP contribution in [-0.4, -0.2) is 12.4 Å². The Labute approximate surface area is 126 Å². The number of ether oxygens (including phenoxy) is 1. The number of unbranched alkanes of at least 4 members (excludes halogenated alkanes) is 1. The van der Waals surface area contributed by atoms with E-state index in [1.54, 1.807) is 6.92 Å². The molecule has 0 heterocycles. The van der Waals surface area contributed by atoms with Gasteiger partial charge in [-0.25, -0.2) is 0 Å². The van der Waals surface area contributed by atoms with Crippen molar-refractivity contribution in [2.24, 2.45) is 0 Å². The molecule has 1 aromatic rings. The molecule has 0 unspecified atom stereocenters. The molecule has 94 valence electrons. The molecule has 0 aliphatic carbocycles. The highest BCUT2D eigenvalue weighted by atomic mass is 79.9. The van der Waals surface area contributed by atoms with Crippen LogP contribution in [0.2, 0.25) is 0 Å². The summed E-state index contributed by atoms with van der Waals surface area (Å²) in [7, 11) is 0. The van der Waals surface area contributed by atoms with Crippen molar-refractivity contribution in [3.63, 3.8) is 0 Å². The van der Waals surface area contributed by atoms with Crippen LogP contribution in [0.5, 0.6) is 5.75 Å². The van der Waals surface area contributed by atoms with Crippen molar-refractivity contribution in [3.05, 3.63) is 25.6 Å². The first-order valence-corrected chi connectivity index (χ1v) is 7.65. The van der Waals surface area contributed by atoms with Crippen LogP contribution in [0, 0.1) is 0 Å². The van der Waals surface area contributed by atoms with Crippen molar-refractivity contribution in [1.82, 2.24) is 0 Å².